The number of ether oxygens (including phenoxy) is 3. The van der Waals surface area contributed by atoms with Crippen LogP contribution in [-0.2, 0) is 14.2 Å². The molecule has 2 aromatic rings. The number of carbonyl (C=O) groups is 2. The number of rotatable bonds is 6. The standard InChI is InChI=1S/C22H20O5/c23-21(15-7-3-1-4-8-15)25-13-17-18(20-12-11-19(17)27-20)14-26-22(24)16-9-5-2-6-10-16/h1-10,19-20H,11-14H2/t19-,20+. The summed E-state index contributed by atoms with van der Waals surface area (Å²) >= 11 is 0. The van der Waals surface area contributed by atoms with Crippen molar-refractivity contribution in [3.63, 3.8) is 0 Å². The molecule has 2 aliphatic rings. The van der Waals surface area contributed by atoms with Crippen LogP contribution in [0.5, 0.6) is 0 Å². The molecule has 0 amide bonds. The summed E-state index contributed by atoms with van der Waals surface area (Å²) in [5, 5.41) is 0. The number of hydrogen-bond donors (Lipinski definition) is 0. The van der Waals surface area contributed by atoms with Gasteiger partial charge in [0.15, 0.2) is 0 Å². The Morgan fingerprint density at radius 3 is 1.56 bits per heavy atom. The van der Waals surface area contributed by atoms with Crippen molar-refractivity contribution in [2.24, 2.45) is 0 Å². The minimum Gasteiger partial charge on any atom is -0.457 e. The zero-order valence-corrected chi connectivity index (χ0v) is 14.8. The molecule has 0 radical (unpaired) electrons. The lowest BCUT2D eigenvalue weighted by Gasteiger charge is -2.17. The van der Waals surface area contributed by atoms with Gasteiger partial charge in [-0.25, -0.2) is 9.59 Å². The third-order valence-corrected chi connectivity index (χ3v) is 4.95. The first kappa shape index (κ1) is 17.5. The third-order valence-electron chi connectivity index (χ3n) is 4.95. The quantitative estimate of drug-likeness (QED) is 0.579. The molecule has 5 nitrogen and oxygen atoms in total. The summed E-state index contributed by atoms with van der Waals surface area (Å²) in [6, 6.07) is 17.8. The Morgan fingerprint density at radius 1 is 0.741 bits per heavy atom. The van der Waals surface area contributed by atoms with Crippen molar-refractivity contribution in [2.75, 3.05) is 13.2 Å². The number of benzene rings is 2. The molecular formula is C22H20O5. The van der Waals surface area contributed by atoms with E-state index in [0.29, 0.717) is 11.1 Å². The van der Waals surface area contributed by atoms with Crippen molar-refractivity contribution in [3.8, 4) is 0 Å². The van der Waals surface area contributed by atoms with Crippen LogP contribution in [0, 0.1) is 0 Å². The van der Waals surface area contributed by atoms with Crippen LogP contribution in [0.15, 0.2) is 71.8 Å². The zero-order chi connectivity index (χ0) is 18.6. The fourth-order valence-electron chi connectivity index (χ4n) is 3.54. The Labute approximate surface area is 157 Å². The highest BCUT2D eigenvalue weighted by molar-refractivity contribution is 5.90. The molecule has 4 rings (SSSR count). The molecule has 2 heterocycles. The van der Waals surface area contributed by atoms with Crippen molar-refractivity contribution in [3.05, 3.63) is 82.9 Å². The summed E-state index contributed by atoms with van der Waals surface area (Å²) in [5.41, 5.74) is 2.88. The maximum Gasteiger partial charge on any atom is 0.338 e. The Hall–Kier alpha value is -2.92. The van der Waals surface area contributed by atoms with Gasteiger partial charge in [-0.15, -0.1) is 0 Å². The molecule has 0 aromatic heterocycles. The maximum absolute atomic E-state index is 12.2. The number of hydrogen-bond acceptors (Lipinski definition) is 5. The van der Waals surface area contributed by atoms with Gasteiger partial charge < -0.3 is 14.2 Å². The summed E-state index contributed by atoms with van der Waals surface area (Å²) < 4.78 is 16.9. The lowest BCUT2D eigenvalue weighted by molar-refractivity contribution is 0.0508. The van der Waals surface area contributed by atoms with Crippen molar-refractivity contribution in [1.29, 1.82) is 0 Å². The molecule has 5 heteroatoms. The molecule has 2 aliphatic heterocycles. The topological polar surface area (TPSA) is 61.8 Å². The van der Waals surface area contributed by atoms with E-state index in [9.17, 15) is 9.59 Å². The second-order valence-electron chi connectivity index (χ2n) is 6.63. The van der Waals surface area contributed by atoms with Crippen LogP contribution in [0.2, 0.25) is 0 Å². The minimum absolute atomic E-state index is 0.0519. The van der Waals surface area contributed by atoms with E-state index in [4.69, 9.17) is 14.2 Å². The largest absolute Gasteiger partial charge is 0.457 e. The van der Waals surface area contributed by atoms with Gasteiger partial charge in [0, 0.05) is 11.1 Å². The molecule has 0 unspecified atom stereocenters. The number of esters is 2. The molecule has 0 N–H and O–H groups in total. The van der Waals surface area contributed by atoms with Gasteiger partial charge in [-0.1, -0.05) is 36.4 Å². The monoisotopic (exact) mass is 364 g/mol. The maximum atomic E-state index is 12.2. The molecule has 0 aliphatic carbocycles. The molecule has 2 aromatic carbocycles. The molecule has 2 atom stereocenters. The second-order valence-corrected chi connectivity index (χ2v) is 6.63. The normalized spacial score (nSPS) is 20.6. The lowest BCUT2D eigenvalue weighted by atomic mass is 9.92. The van der Waals surface area contributed by atoms with Gasteiger partial charge in [0.2, 0.25) is 0 Å². The number of fused-ring (bicyclic) bond motifs is 2. The molecule has 0 saturated carbocycles. The van der Waals surface area contributed by atoms with E-state index < -0.39 is 0 Å². The Balaban J connectivity index is 1.42. The van der Waals surface area contributed by atoms with Crippen LogP contribution in [0.25, 0.3) is 0 Å². The Morgan fingerprint density at radius 2 is 1.15 bits per heavy atom. The summed E-state index contributed by atoms with van der Waals surface area (Å²) in [7, 11) is 0. The molecule has 1 fully saturated rings. The zero-order valence-electron chi connectivity index (χ0n) is 14.8. The number of carbonyl (C=O) groups excluding carboxylic acids is 2. The SMILES string of the molecule is O=C(OCC1=C(COC(=O)c2ccccc2)[C@H]2CC[C@@H]1O2)c1ccccc1. The van der Waals surface area contributed by atoms with Crippen molar-refractivity contribution >= 4 is 11.9 Å². The highest BCUT2D eigenvalue weighted by Crippen LogP contribution is 2.39. The van der Waals surface area contributed by atoms with E-state index in [1.54, 1.807) is 48.5 Å². The second kappa shape index (κ2) is 7.76. The van der Waals surface area contributed by atoms with Crippen molar-refractivity contribution in [2.45, 2.75) is 25.0 Å². The molecule has 2 bridgehead atoms. The summed E-state index contributed by atoms with van der Waals surface area (Å²) in [4.78, 5) is 24.4. The average molecular weight is 364 g/mol. The molecule has 138 valence electrons. The van der Waals surface area contributed by atoms with Gasteiger partial charge in [-0.05, 0) is 37.1 Å². The van der Waals surface area contributed by atoms with Crippen LogP contribution in [0.1, 0.15) is 33.6 Å². The van der Waals surface area contributed by atoms with Gasteiger partial charge >= 0.3 is 11.9 Å². The predicted octanol–water partition coefficient (Wildman–Crippen LogP) is 3.56. The molecular weight excluding hydrogens is 344 g/mol. The van der Waals surface area contributed by atoms with Gasteiger partial charge in [0.05, 0.1) is 23.3 Å². The first-order valence-corrected chi connectivity index (χ1v) is 9.04. The average Bonchev–Trinajstić information content (AvgIpc) is 3.33. The summed E-state index contributed by atoms with van der Waals surface area (Å²) in [6.07, 6.45) is 1.70. The van der Waals surface area contributed by atoms with Crippen LogP contribution < -0.4 is 0 Å². The fourth-order valence-corrected chi connectivity index (χ4v) is 3.54. The van der Waals surface area contributed by atoms with E-state index in [2.05, 4.69) is 0 Å². The predicted molar refractivity (Wildman–Crippen MR) is 98.4 cm³/mol. The van der Waals surface area contributed by atoms with E-state index in [0.717, 1.165) is 24.0 Å². The van der Waals surface area contributed by atoms with Crippen LogP contribution in [0.4, 0.5) is 0 Å². The molecule has 1 saturated heterocycles. The summed E-state index contributed by atoms with van der Waals surface area (Å²) in [5.74, 6) is -0.738. The van der Waals surface area contributed by atoms with Gasteiger partial charge in [-0.3, -0.25) is 0 Å². The van der Waals surface area contributed by atoms with Crippen molar-refractivity contribution in [1.82, 2.24) is 0 Å². The fraction of sp³-hybridized carbons (Fsp3) is 0.273. The highest BCUT2D eigenvalue weighted by Gasteiger charge is 2.41. The van der Waals surface area contributed by atoms with Gasteiger partial charge in [0.1, 0.15) is 13.2 Å². The first-order chi connectivity index (χ1) is 13.2. The Bertz CT molecular complexity index is 785. The summed E-state index contributed by atoms with van der Waals surface area (Å²) in [6.45, 7) is 0.320. The van der Waals surface area contributed by atoms with Crippen molar-refractivity contribution < 1.29 is 23.8 Å². The minimum atomic E-state index is -0.369. The van der Waals surface area contributed by atoms with E-state index in [1.165, 1.54) is 0 Å². The lowest BCUT2D eigenvalue weighted by Crippen LogP contribution is -2.20. The van der Waals surface area contributed by atoms with E-state index in [-0.39, 0.29) is 37.4 Å². The Kier molecular flexibility index (Phi) is 5.03. The van der Waals surface area contributed by atoms with Crippen LogP contribution >= 0.6 is 0 Å². The van der Waals surface area contributed by atoms with Gasteiger partial charge in [-0.2, -0.15) is 0 Å². The van der Waals surface area contributed by atoms with Gasteiger partial charge in [0.25, 0.3) is 0 Å². The molecule has 27 heavy (non-hydrogen) atoms. The highest BCUT2D eigenvalue weighted by atomic mass is 16.5. The smallest absolute Gasteiger partial charge is 0.338 e. The third kappa shape index (κ3) is 3.78. The van der Waals surface area contributed by atoms with E-state index in [1.807, 2.05) is 12.1 Å². The van der Waals surface area contributed by atoms with E-state index >= 15 is 0 Å². The first-order valence-electron chi connectivity index (χ1n) is 9.04. The van der Waals surface area contributed by atoms with Crippen LogP contribution in [0.3, 0.4) is 0 Å². The van der Waals surface area contributed by atoms with Crippen LogP contribution in [-0.4, -0.2) is 37.4 Å². The molecule has 0 spiro atoms.